The van der Waals surface area contributed by atoms with Crippen molar-refractivity contribution < 1.29 is 14.1 Å². The van der Waals surface area contributed by atoms with Gasteiger partial charge in [-0.3, -0.25) is 9.69 Å². The molecule has 0 N–H and O–H groups in total. The highest BCUT2D eigenvalue weighted by molar-refractivity contribution is 5.91. The van der Waals surface area contributed by atoms with Crippen molar-refractivity contribution >= 4 is 5.91 Å². The summed E-state index contributed by atoms with van der Waals surface area (Å²) in [6.45, 7) is 5.82. The number of hydrogen-bond donors (Lipinski definition) is 0. The molecule has 156 valence electrons. The van der Waals surface area contributed by atoms with E-state index in [0.717, 1.165) is 43.8 Å². The van der Waals surface area contributed by atoms with Crippen LogP contribution in [0.2, 0.25) is 0 Å². The molecular weight excluding hydrogens is 366 g/mol. The highest BCUT2D eigenvalue weighted by atomic mass is 16.5. The van der Waals surface area contributed by atoms with E-state index in [4.69, 9.17) is 9.26 Å². The zero-order valence-electron chi connectivity index (χ0n) is 17.3. The molecule has 1 amide bonds. The number of aryl methyl sites for hydroxylation is 2. The van der Waals surface area contributed by atoms with E-state index in [1.807, 2.05) is 17.9 Å². The summed E-state index contributed by atoms with van der Waals surface area (Å²) in [5.41, 5.74) is 2.08. The summed E-state index contributed by atoms with van der Waals surface area (Å²) in [6.07, 6.45) is 6.79. The van der Waals surface area contributed by atoms with Gasteiger partial charge in [-0.15, -0.1) is 0 Å². The van der Waals surface area contributed by atoms with Gasteiger partial charge in [-0.05, 0) is 63.3 Å². The van der Waals surface area contributed by atoms with Gasteiger partial charge in [0.25, 0.3) is 5.91 Å². The van der Waals surface area contributed by atoms with Crippen LogP contribution in [0.1, 0.15) is 53.9 Å². The lowest BCUT2D eigenvalue weighted by Crippen LogP contribution is -2.45. The Morgan fingerprint density at radius 2 is 2.00 bits per heavy atom. The smallest absolute Gasteiger partial charge is 0.292 e. The average molecular weight is 398 g/mol. The fourth-order valence-electron chi connectivity index (χ4n) is 4.44. The number of nitrogens with zero attached hydrogens (tertiary/aromatic N) is 3. The molecule has 6 heteroatoms. The van der Waals surface area contributed by atoms with E-state index in [1.165, 1.54) is 24.8 Å². The summed E-state index contributed by atoms with van der Waals surface area (Å²) in [4.78, 5) is 17.5. The molecule has 0 saturated carbocycles. The van der Waals surface area contributed by atoms with Crippen LogP contribution in [-0.2, 0) is 6.42 Å². The predicted octanol–water partition coefficient (Wildman–Crippen LogP) is 3.70. The number of aromatic nitrogens is 1. The van der Waals surface area contributed by atoms with Crippen LogP contribution >= 0.6 is 0 Å². The third-order valence-electron chi connectivity index (χ3n) is 6.04. The second kappa shape index (κ2) is 9.44. The Morgan fingerprint density at radius 1 is 1.07 bits per heavy atom. The molecule has 6 nitrogen and oxygen atoms in total. The van der Waals surface area contributed by atoms with Gasteiger partial charge in [0, 0.05) is 31.7 Å². The summed E-state index contributed by atoms with van der Waals surface area (Å²) < 4.78 is 11.2. The topological polar surface area (TPSA) is 58.8 Å². The van der Waals surface area contributed by atoms with Crippen LogP contribution in [0.3, 0.4) is 0 Å². The summed E-state index contributed by atoms with van der Waals surface area (Å²) >= 11 is 0. The van der Waals surface area contributed by atoms with E-state index in [9.17, 15) is 4.79 Å². The first-order valence-corrected chi connectivity index (χ1v) is 10.9. The number of amides is 1. The summed E-state index contributed by atoms with van der Waals surface area (Å²) in [7, 11) is 0. The standard InChI is InChI=1S/C23H31N3O3/c1-18-16-22(29-24-18)23(27)26-12-5-15-28-21-8-4-6-19(17-21)9-10-20-7-2-3-11-25(20)13-14-26/h4,6,8,16-17,20H,2-3,5,7,9-15H2,1H3. The van der Waals surface area contributed by atoms with Crippen molar-refractivity contribution in [2.45, 2.75) is 51.5 Å². The molecule has 1 atom stereocenters. The first kappa shape index (κ1) is 20.0. The Hall–Kier alpha value is -2.34. The highest BCUT2D eigenvalue weighted by Gasteiger charge is 2.25. The number of carbonyl (C=O) groups is 1. The van der Waals surface area contributed by atoms with Gasteiger partial charge >= 0.3 is 0 Å². The van der Waals surface area contributed by atoms with Crippen LogP contribution in [0, 0.1) is 6.92 Å². The van der Waals surface area contributed by atoms with Gasteiger partial charge in [0.2, 0.25) is 5.76 Å². The predicted molar refractivity (Wildman–Crippen MR) is 111 cm³/mol. The van der Waals surface area contributed by atoms with E-state index in [-0.39, 0.29) is 5.91 Å². The minimum absolute atomic E-state index is 0.0757. The van der Waals surface area contributed by atoms with Gasteiger partial charge in [-0.25, -0.2) is 0 Å². The van der Waals surface area contributed by atoms with Crippen molar-refractivity contribution in [2.24, 2.45) is 0 Å². The molecule has 0 radical (unpaired) electrons. The lowest BCUT2D eigenvalue weighted by molar-refractivity contribution is 0.0644. The minimum atomic E-state index is -0.0757. The lowest BCUT2D eigenvalue weighted by Gasteiger charge is -2.37. The molecule has 1 unspecified atom stereocenters. The summed E-state index contributed by atoms with van der Waals surface area (Å²) in [6, 6.07) is 10.8. The van der Waals surface area contributed by atoms with Crippen molar-refractivity contribution in [3.63, 3.8) is 0 Å². The van der Waals surface area contributed by atoms with Gasteiger partial charge in [0.05, 0.1) is 12.3 Å². The lowest BCUT2D eigenvalue weighted by atomic mass is 9.95. The van der Waals surface area contributed by atoms with Crippen LogP contribution in [0.15, 0.2) is 34.9 Å². The second-order valence-electron chi connectivity index (χ2n) is 8.20. The number of benzene rings is 1. The molecule has 2 bridgehead atoms. The third kappa shape index (κ3) is 5.18. The molecule has 3 heterocycles. The molecular formula is C23H31N3O3. The molecule has 0 spiro atoms. The van der Waals surface area contributed by atoms with Gasteiger partial charge in [0.1, 0.15) is 5.75 Å². The number of ether oxygens (including phenoxy) is 1. The molecule has 2 aliphatic rings. The van der Waals surface area contributed by atoms with Crippen LogP contribution in [0.25, 0.3) is 0 Å². The van der Waals surface area contributed by atoms with Crippen LogP contribution < -0.4 is 4.74 Å². The molecule has 1 saturated heterocycles. The van der Waals surface area contributed by atoms with E-state index in [2.05, 4.69) is 28.3 Å². The summed E-state index contributed by atoms with van der Waals surface area (Å²) in [5.74, 6) is 1.17. The van der Waals surface area contributed by atoms with Crippen molar-refractivity contribution in [2.75, 3.05) is 32.8 Å². The minimum Gasteiger partial charge on any atom is -0.494 e. The van der Waals surface area contributed by atoms with Crippen LogP contribution in [0.5, 0.6) is 5.75 Å². The fraction of sp³-hybridized carbons (Fsp3) is 0.565. The second-order valence-corrected chi connectivity index (χ2v) is 8.20. The molecule has 29 heavy (non-hydrogen) atoms. The average Bonchev–Trinajstić information content (AvgIpc) is 3.18. The molecule has 1 aromatic carbocycles. The van der Waals surface area contributed by atoms with Crippen LogP contribution in [0.4, 0.5) is 0 Å². The first-order chi connectivity index (χ1) is 14.2. The maximum absolute atomic E-state index is 13.0. The Morgan fingerprint density at radius 3 is 2.86 bits per heavy atom. The Bertz CT molecular complexity index is 819. The van der Waals surface area contributed by atoms with Gasteiger partial charge in [0.15, 0.2) is 0 Å². The normalized spacial score (nSPS) is 21.7. The van der Waals surface area contributed by atoms with E-state index >= 15 is 0 Å². The Labute approximate surface area is 172 Å². The monoisotopic (exact) mass is 397 g/mol. The van der Waals surface area contributed by atoms with Crippen molar-refractivity contribution in [1.82, 2.24) is 15.0 Å². The fourth-order valence-corrected chi connectivity index (χ4v) is 4.44. The van der Waals surface area contributed by atoms with E-state index in [0.29, 0.717) is 31.5 Å². The number of hydrogen-bond acceptors (Lipinski definition) is 5. The van der Waals surface area contributed by atoms with E-state index < -0.39 is 0 Å². The number of rotatable bonds is 1. The van der Waals surface area contributed by atoms with Crippen molar-refractivity contribution in [1.29, 1.82) is 0 Å². The molecule has 4 rings (SSSR count). The Balaban J connectivity index is 1.51. The molecule has 1 fully saturated rings. The molecule has 1 aromatic heterocycles. The zero-order valence-corrected chi connectivity index (χ0v) is 17.3. The quantitative estimate of drug-likeness (QED) is 0.734. The van der Waals surface area contributed by atoms with Crippen molar-refractivity contribution in [3.05, 3.63) is 47.3 Å². The molecule has 0 aliphatic carbocycles. The van der Waals surface area contributed by atoms with Gasteiger partial charge in [-0.2, -0.15) is 0 Å². The zero-order chi connectivity index (χ0) is 20.1. The summed E-state index contributed by atoms with van der Waals surface area (Å²) in [5, 5.41) is 3.88. The number of carbonyl (C=O) groups excluding carboxylic acids is 1. The van der Waals surface area contributed by atoms with Gasteiger partial charge < -0.3 is 14.2 Å². The highest BCUT2D eigenvalue weighted by Crippen LogP contribution is 2.23. The maximum atomic E-state index is 13.0. The van der Waals surface area contributed by atoms with Gasteiger partial charge in [-0.1, -0.05) is 23.7 Å². The first-order valence-electron chi connectivity index (χ1n) is 10.9. The van der Waals surface area contributed by atoms with E-state index in [1.54, 1.807) is 6.07 Å². The molecule has 2 aromatic rings. The largest absolute Gasteiger partial charge is 0.494 e. The SMILES string of the molecule is Cc1cc(C(=O)N2CCCOc3cccc(c3)CCC3CCCCN3CC2)on1. The number of piperidine rings is 1. The number of fused-ring (bicyclic) bond motifs is 3. The molecule has 2 aliphatic heterocycles. The third-order valence-corrected chi connectivity index (χ3v) is 6.04. The maximum Gasteiger partial charge on any atom is 0.292 e. The van der Waals surface area contributed by atoms with Crippen molar-refractivity contribution in [3.8, 4) is 5.75 Å². The Kier molecular flexibility index (Phi) is 6.49. The van der Waals surface area contributed by atoms with Crippen LogP contribution in [-0.4, -0.2) is 59.7 Å².